The third-order valence-corrected chi connectivity index (χ3v) is 11.1. The van der Waals surface area contributed by atoms with Crippen molar-refractivity contribution in [3.8, 4) is 0 Å². The highest BCUT2D eigenvalue weighted by Gasteiger charge is 2.45. The van der Waals surface area contributed by atoms with Crippen molar-refractivity contribution in [3.05, 3.63) is 28.1 Å². The van der Waals surface area contributed by atoms with Crippen LogP contribution in [0.2, 0.25) is 18.1 Å². The van der Waals surface area contributed by atoms with E-state index in [1.54, 1.807) is 6.20 Å². The molecule has 1 aromatic heterocycles. The Bertz CT molecular complexity index is 876. The molecular weight excluding hydrogens is 438 g/mol. The lowest BCUT2D eigenvalue weighted by atomic mass is 9.84. The highest BCUT2D eigenvalue weighted by atomic mass is 28.4. The molecular formula is C24H41N3O5Si. The van der Waals surface area contributed by atoms with E-state index in [0.717, 1.165) is 5.56 Å². The van der Waals surface area contributed by atoms with Crippen LogP contribution in [0.4, 0.5) is 11.4 Å². The second kappa shape index (κ2) is 9.70. The summed E-state index contributed by atoms with van der Waals surface area (Å²) in [5.74, 6) is -0.344. The molecule has 0 unspecified atom stereocenters. The van der Waals surface area contributed by atoms with E-state index in [-0.39, 0.29) is 46.0 Å². The molecule has 186 valence electrons. The predicted molar refractivity (Wildman–Crippen MR) is 133 cm³/mol. The van der Waals surface area contributed by atoms with Gasteiger partial charge in [-0.05, 0) is 57.3 Å². The zero-order valence-corrected chi connectivity index (χ0v) is 22.9. The van der Waals surface area contributed by atoms with Gasteiger partial charge in [0, 0.05) is 25.2 Å². The van der Waals surface area contributed by atoms with Gasteiger partial charge in [0.1, 0.15) is 17.5 Å². The maximum absolute atomic E-state index is 12.8. The topological polar surface area (TPSA) is 94.8 Å². The quantitative estimate of drug-likeness (QED) is 0.230. The summed E-state index contributed by atoms with van der Waals surface area (Å²) in [6, 6.07) is 0. The number of carbonyl (C=O) groups is 1. The maximum atomic E-state index is 12.8. The Labute approximate surface area is 199 Å². The number of ether oxygens (including phenoxy) is 1. The van der Waals surface area contributed by atoms with Gasteiger partial charge in [0.25, 0.3) is 0 Å². The molecule has 0 aromatic carbocycles. The number of aryl methyl sites for hydroxylation is 1. The van der Waals surface area contributed by atoms with Gasteiger partial charge in [0.15, 0.2) is 8.32 Å². The summed E-state index contributed by atoms with van der Waals surface area (Å²) < 4.78 is 12.5. The van der Waals surface area contributed by atoms with E-state index in [1.807, 2.05) is 32.6 Å². The van der Waals surface area contributed by atoms with Crippen LogP contribution in [0, 0.1) is 28.9 Å². The largest absolute Gasteiger partial charge is 0.460 e. The third kappa shape index (κ3) is 6.76. The van der Waals surface area contributed by atoms with Gasteiger partial charge >= 0.3 is 11.7 Å². The van der Waals surface area contributed by atoms with Gasteiger partial charge in [-0.3, -0.25) is 19.9 Å². The first-order valence-corrected chi connectivity index (χ1v) is 14.6. The highest BCUT2D eigenvalue weighted by Crippen LogP contribution is 2.42. The fourth-order valence-corrected chi connectivity index (χ4v) is 5.62. The molecule has 2 heterocycles. The highest BCUT2D eigenvalue weighted by molar-refractivity contribution is 6.74. The van der Waals surface area contributed by atoms with Crippen LogP contribution in [0.3, 0.4) is 0 Å². The fourth-order valence-electron chi connectivity index (χ4n) is 4.16. The standard InChI is InChI=1S/C24H41N3O5Si/c1-16-12-25-13-19(27(29)30)21(16)26-14-17(2)22(32-33(9,10)24(6,7)8)18(15-26)11-20(28)31-23(3,4)5/h12-13,17-18,22H,11,14-15H2,1-10H3/t17-,18+,22+/m0/s1. The number of hydrogen-bond acceptors (Lipinski definition) is 7. The maximum Gasteiger partial charge on any atom is 0.310 e. The van der Waals surface area contributed by atoms with Gasteiger partial charge in [0.05, 0.1) is 17.4 Å². The van der Waals surface area contributed by atoms with Crippen LogP contribution in [0.1, 0.15) is 60.5 Å². The van der Waals surface area contributed by atoms with E-state index in [2.05, 4.69) is 45.8 Å². The van der Waals surface area contributed by atoms with Gasteiger partial charge in [-0.15, -0.1) is 0 Å². The zero-order chi connectivity index (χ0) is 25.4. The Balaban J connectivity index is 2.43. The van der Waals surface area contributed by atoms with Gasteiger partial charge < -0.3 is 14.1 Å². The summed E-state index contributed by atoms with van der Waals surface area (Å²) in [5.41, 5.74) is 0.729. The van der Waals surface area contributed by atoms with E-state index in [0.29, 0.717) is 18.8 Å². The minimum atomic E-state index is -2.10. The number of carbonyl (C=O) groups excluding carboxylic acids is 1. The Kier molecular flexibility index (Phi) is 8.01. The number of esters is 1. The summed E-state index contributed by atoms with van der Waals surface area (Å²) >= 11 is 0. The van der Waals surface area contributed by atoms with Crippen LogP contribution >= 0.6 is 0 Å². The van der Waals surface area contributed by atoms with Gasteiger partial charge in [-0.25, -0.2) is 0 Å². The fraction of sp³-hybridized carbons (Fsp3) is 0.750. The molecule has 2 rings (SSSR count). The number of anilines is 1. The first kappa shape index (κ1) is 27.2. The van der Waals surface area contributed by atoms with Crippen molar-refractivity contribution in [2.24, 2.45) is 11.8 Å². The molecule has 0 spiro atoms. The molecule has 3 atom stereocenters. The normalized spacial score (nSPS) is 22.2. The Morgan fingerprint density at radius 1 is 1.21 bits per heavy atom. The molecule has 1 fully saturated rings. The molecule has 0 bridgehead atoms. The molecule has 0 saturated carbocycles. The molecule has 0 N–H and O–H groups in total. The molecule has 8 nitrogen and oxygen atoms in total. The van der Waals surface area contributed by atoms with Crippen LogP contribution in [-0.4, -0.2) is 49.0 Å². The summed E-state index contributed by atoms with van der Waals surface area (Å²) in [5, 5.41) is 11.8. The average Bonchev–Trinajstić information content (AvgIpc) is 2.61. The van der Waals surface area contributed by atoms with E-state index < -0.39 is 13.9 Å². The van der Waals surface area contributed by atoms with E-state index >= 15 is 0 Å². The van der Waals surface area contributed by atoms with E-state index in [1.165, 1.54) is 6.20 Å². The van der Waals surface area contributed by atoms with Crippen LogP contribution < -0.4 is 4.90 Å². The van der Waals surface area contributed by atoms with Crippen LogP contribution in [-0.2, 0) is 14.0 Å². The summed E-state index contributed by atoms with van der Waals surface area (Å²) in [4.78, 5) is 30.2. The number of piperidine rings is 1. The Morgan fingerprint density at radius 2 is 1.82 bits per heavy atom. The molecule has 1 aliphatic heterocycles. The first-order valence-electron chi connectivity index (χ1n) is 11.7. The Morgan fingerprint density at radius 3 is 2.33 bits per heavy atom. The van der Waals surface area contributed by atoms with Crippen molar-refractivity contribution in [3.63, 3.8) is 0 Å². The molecule has 33 heavy (non-hydrogen) atoms. The van der Waals surface area contributed by atoms with Crippen LogP contribution in [0.15, 0.2) is 12.4 Å². The number of hydrogen-bond donors (Lipinski definition) is 0. The first-order chi connectivity index (χ1) is 14.9. The molecule has 1 aliphatic rings. The van der Waals surface area contributed by atoms with Crippen LogP contribution in [0.25, 0.3) is 0 Å². The molecule has 9 heteroatoms. The summed E-state index contributed by atoms with van der Waals surface area (Å²) in [6.07, 6.45) is 3.02. The van der Waals surface area contributed by atoms with Crippen molar-refractivity contribution in [2.75, 3.05) is 18.0 Å². The molecule has 1 aromatic rings. The van der Waals surface area contributed by atoms with Crippen molar-refractivity contribution >= 4 is 25.7 Å². The molecule has 0 aliphatic carbocycles. The number of nitro groups is 1. The number of nitrogens with zero attached hydrogens (tertiary/aromatic N) is 3. The van der Waals surface area contributed by atoms with E-state index in [9.17, 15) is 14.9 Å². The SMILES string of the molecule is Cc1cncc([N+](=O)[O-])c1N1C[C@@H](CC(=O)OC(C)(C)C)[C@H](O[Si](C)(C)C(C)(C)C)[C@@H](C)C1. The monoisotopic (exact) mass is 479 g/mol. The van der Waals surface area contributed by atoms with Crippen LogP contribution in [0.5, 0.6) is 0 Å². The van der Waals surface area contributed by atoms with Gasteiger partial charge in [-0.2, -0.15) is 0 Å². The lowest BCUT2D eigenvalue weighted by Gasteiger charge is -2.48. The number of rotatable bonds is 6. The van der Waals surface area contributed by atoms with E-state index in [4.69, 9.17) is 9.16 Å². The summed E-state index contributed by atoms with van der Waals surface area (Å²) in [7, 11) is -2.10. The lowest BCUT2D eigenvalue weighted by molar-refractivity contribution is -0.384. The van der Waals surface area contributed by atoms with Crippen molar-refractivity contribution in [1.29, 1.82) is 0 Å². The molecule has 0 radical (unpaired) electrons. The third-order valence-electron chi connectivity index (χ3n) is 6.67. The average molecular weight is 480 g/mol. The second-order valence-corrected chi connectivity index (χ2v) is 16.6. The zero-order valence-electron chi connectivity index (χ0n) is 21.9. The van der Waals surface area contributed by atoms with Crippen molar-refractivity contribution in [1.82, 2.24) is 4.98 Å². The Hall–Kier alpha value is -2.00. The van der Waals surface area contributed by atoms with Gasteiger partial charge in [0.2, 0.25) is 0 Å². The van der Waals surface area contributed by atoms with Crippen molar-refractivity contribution in [2.45, 2.75) is 91.6 Å². The smallest absolute Gasteiger partial charge is 0.310 e. The van der Waals surface area contributed by atoms with Gasteiger partial charge in [-0.1, -0.05) is 27.7 Å². The minimum Gasteiger partial charge on any atom is -0.460 e. The molecule has 0 amide bonds. The number of aromatic nitrogens is 1. The summed E-state index contributed by atoms with van der Waals surface area (Å²) in [6.45, 7) is 21.6. The minimum absolute atomic E-state index is 0.0121. The lowest BCUT2D eigenvalue weighted by Crippen LogP contribution is -2.55. The molecule has 1 saturated heterocycles. The predicted octanol–water partition coefficient (Wildman–Crippen LogP) is 5.49. The number of pyridine rings is 1. The second-order valence-electron chi connectivity index (χ2n) is 11.9. The van der Waals surface area contributed by atoms with Crippen molar-refractivity contribution < 1.29 is 18.9 Å².